The number of primary sulfonamides is 1. The zero-order valence-corrected chi connectivity index (χ0v) is 17.5. The fourth-order valence-electron chi connectivity index (χ4n) is 4.18. The number of aromatic nitrogens is 3. The summed E-state index contributed by atoms with van der Waals surface area (Å²) in [5.41, 5.74) is 2.20. The van der Waals surface area contributed by atoms with Crippen LogP contribution in [0.3, 0.4) is 0 Å². The van der Waals surface area contributed by atoms with E-state index in [2.05, 4.69) is 25.2 Å². The van der Waals surface area contributed by atoms with Gasteiger partial charge in [-0.05, 0) is 49.2 Å². The Balaban J connectivity index is 1.41. The van der Waals surface area contributed by atoms with Gasteiger partial charge < -0.3 is 15.0 Å². The summed E-state index contributed by atoms with van der Waals surface area (Å²) in [5.74, 6) is 1.29. The van der Waals surface area contributed by atoms with Gasteiger partial charge in [-0.3, -0.25) is 0 Å². The fourth-order valence-corrected chi connectivity index (χ4v) is 4.74. The quantitative estimate of drug-likeness (QED) is 0.622. The molecule has 0 radical (unpaired) electrons. The van der Waals surface area contributed by atoms with Crippen LogP contribution in [-0.4, -0.2) is 48.7 Å². The van der Waals surface area contributed by atoms with Crippen molar-refractivity contribution in [1.82, 2.24) is 15.0 Å². The first-order valence-electron chi connectivity index (χ1n) is 10.0. The number of anilines is 3. The first kappa shape index (κ1) is 19.9. The minimum absolute atomic E-state index is 0.0209. The van der Waals surface area contributed by atoms with Crippen molar-refractivity contribution in [3.8, 4) is 11.3 Å². The van der Waals surface area contributed by atoms with Crippen molar-refractivity contribution in [3.63, 3.8) is 0 Å². The van der Waals surface area contributed by atoms with E-state index in [0.29, 0.717) is 23.7 Å². The lowest BCUT2D eigenvalue weighted by Crippen LogP contribution is -2.46. The van der Waals surface area contributed by atoms with E-state index < -0.39 is 10.0 Å². The van der Waals surface area contributed by atoms with Gasteiger partial charge in [0.2, 0.25) is 16.0 Å². The molecular weight excluding hydrogens is 416 g/mol. The summed E-state index contributed by atoms with van der Waals surface area (Å²) in [6, 6.07) is 12.8. The van der Waals surface area contributed by atoms with Crippen LogP contribution in [0, 0.1) is 0 Å². The van der Waals surface area contributed by atoms with Gasteiger partial charge >= 0.3 is 0 Å². The Morgan fingerprint density at radius 1 is 1.03 bits per heavy atom. The zero-order valence-electron chi connectivity index (χ0n) is 16.7. The molecule has 4 heterocycles. The van der Waals surface area contributed by atoms with Crippen LogP contribution in [0.25, 0.3) is 11.3 Å². The maximum atomic E-state index is 11.6. The number of pyridine rings is 1. The number of nitrogens with one attached hydrogen (secondary N) is 1. The lowest BCUT2D eigenvalue weighted by atomic mass is 10.1. The van der Waals surface area contributed by atoms with Gasteiger partial charge in [-0.2, -0.15) is 0 Å². The van der Waals surface area contributed by atoms with Crippen molar-refractivity contribution in [1.29, 1.82) is 0 Å². The number of hydrogen-bond acceptors (Lipinski definition) is 8. The highest BCUT2D eigenvalue weighted by Crippen LogP contribution is 2.34. The predicted octanol–water partition coefficient (Wildman–Crippen LogP) is 2.30. The van der Waals surface area contributed by atoms with Crippen LogP contribution in [0.1, 0.15) is 12.8 Å². The van der Waals surface area contributed by atoms with Crippen LogP contribution in [0.5, 0.6) is 0 Å². The predicted molar refractivity (Wildman–Crippen MR) is 116 cm³/mol. The summed E-state index contributed by atoms with van der Waals surface area (Å²) in [6.07, 6.45) is 5.70. The van der Waals surface area contributed by atoms with Crippen molar-refractivity contribution in [2.45, 2.75) is 29.8 Å². The monoisotopic (exact) mass is 438 g/mol. The highest BCUT2D eigenvalue weighted by Gasteiger charge is 2.38. The van der Waals surface area contributed by atoms with E-state index in [4.69, 9.17) is 9.88 Å². The van der Waals surface area contributed by atoms with Crippen LogP contribution >= 0.6 is 0 Å². The number of nitrogens with zero attached hydrogens (tertiary/aromatic N) is 4. The van der Waals surface area contributed by atoms with Crippen molar-refractivity contribution in [3.05, 3.63) is 54.9 Å². The topological polar surface area (TPSA) is 123 Å². The average Bonchev–Trinajstić information content (AvgIpc) is 3.02. The van der Waals surface area contributed by atoms with Gasteiger partial charge in [-0.15, -0.1) is 0 Å². The van der Waals surface area contributed by atoms with Crippen molar-refractivity contribution >= 4 is 27.5 Å². The maximum absolute atomic E-state index is 11.6. The second-order valence-electron chi connectivity index (χ2n) is 7.70. The molecule has 9 nitrogen and oxygen atoms in total. The molecule has 3 N–H and O–H groups in total. The summed E-state index contributed by atoms with van der Waals surface area (Å²) in [4.78, 5) is 15.8. The van der Waals surface area contributed by atoms with E-state index in [9.17, 15) is 8.42 Å². The molecule has 31 heavy (non-hydrogen) atoms. The van der Waals surface area contributed by atoms with E-state index in [-0.39, 0.29) is 4.90 Å². The minimum atomic E-state index is -3.79. The smallest absolute Gasteiger partial charge is 0.238 e. The molecule has 2 fully saturated rings. The second kappa shape index (κ2) is 7.88. The van der Waals surface area contributed by atoms with E-state index in [1.54, 1.807) is 24.5 Å². The molecule has 0 unspecified atom stereocenters. The van der Waals surface area contributed by atoms with Crippen LogP contribution < -0.4 is 15.4 Å². The Morgan fingerprint density at radius 2 is 1.81 bits per heavy atom. The Bertz CT molecular complexity index is 1200. The number of fused-ring (bicyclic) bond motifs is 2. The lowest BCUT2D eigenvalue weighted by molar-refractivity contribution is 0.0902. The Kier molecular flexibility index (Phi) is 5.05. The molecule has 0 spiro atoms. The van der Waals surface area contributed by atoms with Gasteiger partial charge in [0.15, 0.2) is 0 Å². The number of sulfonamides is 1. The molecule has 0 aliphatic carbocycles. The molecule has 10 heteroatoms. The molecular formula is C21H22N6O3S. The molecule has 160 valence electrons. The van der Waals surface area contributed by atoms with E-state index in [1.165, 1.54) is 12.1 Å². The number of morpholine rings is 1. The van der Waals surface area contributed by atoms with Crippen LogP contribution in [0.2, 0.25) is 0 Å². The summed E-state index contributed by atoms with van der Waals surface area (Å²) in [7, 11) is -3.79. The van der Waals surface area contributed by atoms with Gasteiger partial charge in [-0.25, -0.2) is 28.5 Å². The van der Waals surface area contributed by atoms with Crippen molar-refractivity contribution in [2.24, 2.45) is 5.14 Å². The molecule has 3 aromatic rings. The molecule has 5 rings (SSSR count). The number of ether oxygens (including phenoxy) is 1. The molecule has 0 saturated carbocycles. The lowest BCUT2D eigenvalue weighted by Gasteiger charge is -2.35. The minimum Gasteiger partial charge on any atom is -0.377 e. The standard InChI is InChI=1S/C21H22N6O3S/c22-31(28,29)18-3-1-2-15(11-18)25-21-24-9-7-19(26-21)14-6-8-23-20(10-14)27-16-4-5-17(27)13-30-12-16/h1-3,6-11,16-17H,4-5,12-13H2,(H2,22,28,29)(H,24,25,26)/t16-,17+. The molecule has 2 bridgehead atoms. The molecule has 2 aliphatic rings. The van der Waals surface area contributed by atoms with Gasteiger partial charge in [0.25, 0.3) is 0 Å². The van der Waals surface area contributed by atoms with Gasteiger partial charge in [0.05, 0.1) is 35.9 Å². The molecule has 1 aromatic carbocycles. The maximum Gasteiger partial charge on any atom is 0.238 e. The SMILES string of the molecule is NS(=O)(=O)c1cccc(Nc2nccc(-c3ccnc(N4[C@@H]5CC[C@H]4COC5)c3)n2)c1. The van der Waals surface area contributed by atoms with Crippen LogP contribution in [0.15, 0.2) is 59.8 Å². The number of rotatable bonds is 5. The Labute approximate surface area is 180 Å². The normalized spacial score (nSPS) is 20.6. The van der Waals surface area contributed by atoms with Crippen LogP contribution in [0.4, 0.5) is 17.5 Å². The third-order valence-electron chi connectivity index (χ3n) is 5.62. The largest absolute Gasteiger partial charge is 0.377 e. The molecule has 2 aliphatic heterocycles. The van der Waals surface area contributed by atoms with Crippen LogP contribution in [-0.2, 0) is 14.8 Å². The summed E-state index contributed by atoms with van der Waals surface area (Å²) >= 11 is 0. The van der Waals surface area contributed by atoms with Crippen molar-refractivity contribution in [2.75, 3.05) is 23.4 Å². The molecule has 2 atom stereocenters. The second-order valence-corrected chi connectivity index (χ2v) is 9.26. The third kappa shape index (κ3) is 4.09. The zero-order chi connectivity index (χ0) is 21.4. The van der Waals surface area contributed by atoms with Gasteiger partial charge in [0.1, 0.15) is 5.82 Å². The number of nitrogens with two attached hydrogens (primary N) is 1. The first-order valence-corrected chi connectivity index (χ1v) is 11.6. The molecule has 0 amide bonds. The summed E-state index contributed by atoms with van der Waals surface area (Å²) in [5, 5.41) is 8.26. The van der Waals surface area contributed by atoms with Gasteiger partial charge in [-0.1, -0.05) is 6.07 Å². The van der Waals surface area contributed by atoms with E-state index in [1.807, 2.05) is 18.2 Å². The number of benzene rings is 1. The van der Waals surface area contributed by atoms with E-state index >= 15 is 0 Å². The van der Waals surface area contributed by atoms with E-state index in [0.717, 1.165) is 43.1 Å². The Hall–Kier alpha value is -3.08. The first-order chi connectivity index (χ1) is 15.0. The Morgan fingerprint density at radius 3 is 2.58 bits per heavy atom. The average molecular weight is 439 g/mol. The summed E-state index contributed by atoms with van der Waals surface area (Å²) in [6.45, 7) is 1.48. The highest BCUT2D eigenvalue weighted by molar-refractivity contribution is 7.89. The molecule has 2 saturated heterocycles. The third-order valence-corrected chi connectivity index (χ3v) is 6.53. The highest BCUT2D eigenvalue weighted by atomic mass is 32.2. The number of hydrogen-bond donors (Lipinski definition) is 2. The van der Waals surface area contributed by atoms with Gasteiger partial charge in [0, 0.05) is 23.6 Å². The summed E-state index contributed by atoms with van der Waals surface area (Å²) < 4.78 is 28.9. The molecule has 2 aromatic heterocycles. The van der Waals surface area contributed by atoms with Crippen molar-refractivity contribution < 1.29 is 13.2 Å². The fraction of sp³-hybridized carbons (Fsp3) is 0.286.